The zero-order valence-corrected chi connectivity index (χ0v) is 16.0. The van der Waals surface area contributed by atoms with Gasteiger partial charge in [-0.1, -0.05) is 51.1 Å². The first-order valence-electron chi connectivity index (χ1n) is 8.89. The van der Waals surface area contributed by atoms with Crippen LogP contribution in [0.3, 0.4) is 0 Å². The molecule has 3 rings (SSSR count). The van der Waals surface area contributed by atoms with Crippen molar-refractivity contribution in [1.29, 1.82) is 0 Å². The summed E-state index contributed by atoms with van der Waals surface area (Å²) < 4.78 is 0. The van der Waals surface area contributed by atoms with Gasteiger partial charge in [0.25, 0.3) is 11.6 Å². The van der Waals surface area contributed by atoms with Gasteiger partial charge in [-0.2, -0.15) is 10.1 Å². The predicted octanol–water partition coefficient (Wildman–Crippen LogP) is 4.98. The first-order chi connectivity index (χ1) is 13.3. The molecule has 0 saturated carbocycles. The minimum atomic E-state index is -0.434. The summed E-state index contributed by atoms with van der Waals surface area (Å²) in [5.41, 5.74) is 2.53. The van der Waals surface area contributed by atoms with Gasteiger partial charge in [0.2, 0.25) is 0 Å². The maximum atomic E-state index is 13.0. The molecule has 6 nitrogen and oxygen atoms in total. The van der Waals surface area contributed by atoms with Gasteiger partial charge in [0, 0.05) is 17.5 Å². The molecule has 1 aliphatic heterocycles. The molecule has 0 spiro atoms. The highest BCUT2D eigenvalue weighted by atomic mass is 16.6. The molecule has 2 aromatic rings. The number of amides is 1. The first-order valence-corrected chi connectivity index (χ1v) is 8.89. The number of nitro benzene ring substituents is 1. The Morgan fingerprint density at radius 2 is 1.68 bits per heavy atom. The van der Waals surface area contributed by atoms with Crippen molar-refractivity contribution >= 4 is 29.1 Å². The molecular weight excluding hydrogens is 354 g/mol. The molecule has 0 aromatic heterocycles. The average molecular weight is 375 g/mol. The van der Waals surface area contributed by atoms with Crippen LogP contribution >= 0.6 is 0 Å². The second-order valence-corrected chi connectivity index (χ2v) is 7.44. The van der Waals surface area contributed by atoms with E-state index in [2.05, 4.69) is 5.10 Å². The third kappa shape index (κ3) is 4.06. The number of carbonyl (C=O) groups is 1. The van der Waals surface area contributed by atoms with E-state index in [4.69, 9.17) is 0 Å². The maximum Gasteiger partial charge on any atom is 0.280 e. The summed E-state index contributed by atoms with van der Waals surface area (Å²) in [6.07, 6.45) is 5.32. The fourth-order valence-electron chi connectivity index (χ4n) is 2.83. The summed E-state index contributed by atoms with van der Waals surface area (Å²) in [5.74, 6) is -0.176. The molecule has 28 heavy (non-hydrogen) atoms. The number of nitro groups is 1. The molecule has 0 N–H and O–H groups in total. The normalized spacial score (nSPS) is 16.1. The van der Waals surface area contributed by atoms with Crippen molar-refractivity contribution in [2.75, 3.05) is 5.01 Å². The summed E-state index contributed by atoms with van der Waals surface area (Å²) in [5, 5.41) is 16.7. The molecule has 0 unspecified atom stereocenters. The highest BCUT2D eigenvalue weighted by molar-refractivity contribution is 6.31. The minimum absolute atomic E-state index is 0.0436. The highest BCUT2D eigenvalue weighted by Gasteiger charge is 2.36. The van der Waals surface area contributed by atoms with Gasteiger partial charge in [-0.3, -0.25) is 14.9 Å². The number of anilines is 1. The zero-order chi connectivity index (χ0) is 20.3. The van der Waals surface area contributed by atoms with Crippen LogP contribution in [-0.2, 0) is 4.79 Å². The van der Waals surface area contributed by atoms with E-state index in [0.29, 0.717) is 5.57 Å². The largest absolute Gasteiger partial charge is 0.280 e. The van der Waals surface area contributed by atoms with Gasteiger partial charge in [-0.25, -0.2) is 0 Å². The fraction of sp³-hybridized carbons (Fsp3) is 0.182. The standard InChI is InChI=1S/C22H21N3O3/c1-22(2,3)20-19(21(26)24(23-20)17-9-5-4-6-10-17)11-7-8-16-12-14-18(15-13-16)25(27)28/h4-15H,1-3H3/b8-7-,19-11+. The Bertz CT molecular complexity index is 982. The highest BCUT2D eigenvalue weighted by Crippen LogP contribution is 2.31. The van der Waals surface area contributed by atoms with Crippen molar-refractivity contribution in [3.05, 3.63) is 88.0 Å². The molecule has 1 amide bonds. The molecule has 1 heterocycles. The van der Waals surface area contributed by atoms with Gasteiger partial charge in [-0.05, 0) is 35.9 Å². The summed E-state index contributed by atoms with van der Waals surface area (Å²) in [7, 11) is 0. The van der Waals surface area contributed by atoms with Gasteiger partial charge >= 0.3 is 0 Å². The Morgan fingerprint density at radius 3 is 2.25 bits per heavy atom. The van der Waals surface area contributed by atoms with Crippen molar-refractivity contribution in [2.24, 2.45) is 10.5 Å². The van der Waals surface area contributed by atoms with Gasteiger partial charge in [-0.15, -0.1) is 0 Å². The Labute approximate surface area is 163 Å². The number of non-ortho nitro benzene ring substituents is 1. The number of allylic oxidation sites excluding steroid dienone is 2. The van der Waals surface area contributed by atoms with Crippen LogP contribution in [0.25, 0.3) is 6.08 Å². The molecule has 0 bridgehead atoms. The second kappa shape index (κ2) is 7.60. The van der Waals surface area contributed by atoms with E-state index in [9.17, 15) is 14.9 Å². The Hall–Kier alpha value is -3.54. The number of benzene rings is 2. The van der Waals surface area contributed by atoms with Crippen molar-refractivity contribution in [3.8, 4) is 0 Å². The van der Waals surface area contributed by atoms with Gasteiger partial charge in [0.05, 0.1) is 21.9 Å². The van der Waals surface area contributed by atoms with E-state index in [0.717, 1.165) is 17.0 Å². The lowest BCUT2D eigenvalue weighted by atomic mass is 9.85. The number of rotatable bonds is 4. The van der Waals surface area contributed by atoms with Crippen LogP contribution in [0, 0.1) is 15.5 Å². The number of hydrazone groups is 1. The fourth-order valence-corrected chi connectivity index (χ4v) is 2.83. The van der Waals surface area contributed by atoms with Crippen molar-refractivity contribution < 1.29 is 9.72 Å². The van der Waals surface area contributed by atoms with Gasteiger partial charge < -0.3 is 0 Å². The number of para-hydroxylation sites is 1. The Balaban J connectivity index is 1.89. The van der Waals surface area contributed by atoms with Crippen LogP contribution < -0.4 is 5.01 Å². The predicted molar refractivity (Wildman–Crippen MR) is 111 cm³/mol. The molecule has 0 atom stereocenters. The third-order valence-corrected chi connectivity index (χ3v) is 4.24. The molecule has 142 valence electrons. The third-order valence-electron chi connectivity index (χ3n) is 4.24. The summed E-state index contributed by atoms with van der Waals surface area (Å²) >= 11 is 0. The topological polar surface area (TPSA) is 75.8 Å². The van der Waals surface area contributed by atoms with Gasteiger partial charge in [0.1, 0.15) is 0 Å². The lowest BCUT2D eigenvalue weighted by molar-refractivity contribution is -0.384. The van der Waals surface area contributed by atoms with Gasteiger partial charge in [0.15, 0.2) is 0 Å². The summed E-state index contributed by atoms with van der Waals surface area (Å²) in [4.78, 5) is 23.3. The first kappa shape index (κ1) is 19.2. The van der Waals surface area contributed by atoms with Crippen LogP contribution in [0.2, 0.25) is 0 Å². The quantitative estimate of drug-likeness (QED) is 0.429. The summed E-state index contributed by atoms with van der Waals surface area (Å²) in [6, 6.07) is 15.5. The summed E-state index contributed by atoms with van der Waals surface area (Å²) in [6.45, 7) is 6.05. The minimum Gasteiger partial charge on any atom is -0.267 e. The molecule has 1 aliphatic rings. The Morgan fingerprint density at radius 1 is 1.04 bits per heavy atom. The van der Waals surface area contributed by atoms with E-state index >= 15 is 0 Å². The van der Waals surface area contributed by atoms with Crippen LogP contribution in [0.5, 0.6) is 0 Å². The SMILES string of the molecule is CC(C)(C)C1=NN(c2ccccc2)C(=O)/C1=C/C=C\c1ccc([N+](=O)[O-])cc1. The maximum absolute atomic E-state index is 13.0. The molecular formula is C22H21N3O3. The molecule has 0 radical (unpaired) electrons. The molecule has 6 heteroatoms. The molecule has 0 fully saturated rings. The molecule has 2 aromatic carbocycles. The second-order valence-electron chi connectivity index (χ2n) is 7.44. The van der Waals surface area contributed by atoms with Crippen LogP contribution in [0.1, 0.15) is 26.3 Å². The monoisotopic (exact) mass is 375 g/mol. The van der Waals surface area contributed by atoms with E-state index in [1.807, 2.05) is 51.1 Å². The van der Waals surface area contributed by atoms with Crippen LogP contribution in [0.4, 0.5) is 11.4 Å². The van der Waals surface area contributed by atoms with E-state index in [-0.39, 0.29) is 17.0 Å². The van der Waals surface area contributed by atoms with E-state index in [1.54, 1.807) is 30.4 Å². The lowest BCUT2D eigenvalue weighted by Crippen LogP contribution is -2.23. The van der Waals surface area contributed by atoms with Crippen molar-refractivity contribution in [3.63, 3.8) is 0 Å². The lowest BCUT2D eigenvalue weighted by Gasteiger charge is -2.17. The number of hydrogen-bond donors (Lipinski definition) is 0. The molecule has 0 saturated heterocycles. The Kier molecular flexibility index (Phi) is 5.22. The smallest absolute Gasteiger partial charge is 0.267 e. The zero-order valence-electron chi connectivity index (χ0n) is 16.0. The average Bonchev–Trinajstić information content (AvgIpc) is 3.00. The molecule has 0 aliphatic carbocycles. The van der Waals surface area contributed by atoms with E-state index in [1.165, 1.54) is 17.1 Å². The van der Waals surface area contributed by atoms with Crippen LogP contribution in [-0.4, -0.2) is 16.5 Å². The number of nitrogens with zero attached hydrogens (tertiary/aromatic N) is 3. The van der Waals surface area contributed by atoms with E-state index < -0.39 is 4.92 Å². The van der Waals surface area contributed by atoms with Crippen molar-refractivity contribution in [2.45, 2.75) is 20.8 Å². The number of hydrogen-bond acceptors (Lipinski definition) is 4. The van der Waals surface area contributed by atoms with Crippen LogP contribution in [0.15, 0.2) is 77.4 Å². The van der Waals surface area contributed by atoms with Crippen molar-refractivity contribution in [1.82, 2.24) is 0 Å². The number of carbonyl (C=O) groups excluding carboxylic acids is 1.